The van der Waals surface area contributed by atoms with Gasteiger partial charge in [0.1, 0.15) is 5.75 Å². The van der Waals surface area contributed by atoms with Gasteiger partial charge < -0.3 is 5.11 Å². The highest BCUT2D eigenvalue weighted by Gasteiger charge is 2.29. The highest BCUT2D eigenvalue weighted by Crippen LogP contribution is 2.40. The number of carbonyl (C=O) groups excluding carboxylic acids is 1. The summed E-state index contributed by atoms with van der Waals surface area (Å²) < 4.78 is 0. The van der Waals surface area contributed by atoms with E-state index in [9.17, 15) is 9.90 Å². The fraction of sp³-hybridized carbons (Fsp3) is 0.0500. The first-order valence-corrected chi connectivity index (χ1v) is 7.27. The number of phenols is 1. The van der Waals surface area contributed by atoms with Gasteiger partial charge in [-0.1, -0.05) is 60.7 Å². The highest BCUT2D eigenvalue weighted by molar-refractivity contribution is 6.07. The van der Waals surface area contributed by atoms with Crippen molar-refractivity contribution >= 4 is 22.6 Å². The van der Waals surface area contributed by atoms with Crippen LogP contribution in [0.4, 0.5) is 0 Å². The number of benzene rings is 3. The quantitative estimate of drug-likeness (QED) is 0.725. The molecule has 0 bridgehead atoms. The molecule has 0 saturated heterocycles. The predicted octanol–water partition coefficient (Wildman–Crippen LogP) is 4.27. The number of aromatic hydroxyl groups is 1. The van der Waals surface area contributed by atoms with Gasteiger partial charge in [-0.05, 0) is 34.0 Å². The van der Waals surface area contributed by atoms with Crippen molar-refractivity contribution in [3.8, 4) is 5.75 Å². The van der Waals surface area contributed by atoms with Crippen LogP contribution in [0, 0.1) is 0 Å². The first-order chi connectivity index (χ1) is 10.8. The van der Waals surface area contributed by atoms with Crippen LogP contribution in [-0.4, -0.2) is 10.9 Å². The number of hydrogen-bond acceptors (Lipinski definition) is 2. The standard InChI is InChI=1S/C20H14O2/c21-17-11-9-13-5-1-3-7-15(13)19(17)20-16-8-4-2-6-14(16)10-12-18(20)22/h1-12,19,22H/t19-/m0/s1. The summed E-state index contributed by atoms with van der Waals surface area (Å²) in [5, 5.41) is 12.4. The number of rotatable bonds is 1. The second-order valence-corrected chi connectivity index (χ2v) is 5.52. The van der Waals surface area contributed by atoms with Gasteiger partial charge in [-0.2, -0.15) is 0 Å². The van der Waals surface area contributed by atoms with Crippen LogP contribution < -0.4 is 0 Å². The lowest BCUT2D eigenvalue weighted by Gasteiger charge is -2.23. The molecule has 22 heavy (non-hydrogen) atoms. The van der Waals surface area contributed by atoms with Crippen molar-refractivity contribution in [3.63, 3.8) is 0 Å². The molecule has 1 atom stereocenters. The fourth-order valence-corrected chi connectivity index (χ4v) is 3.23. The van der Waals surface area contributed by atoms with Gasteiger partial charge in [0.25, 0.3) is 0 Å². The second kappa shape index (κ2) is 4.85. The molecule has 0 saturated carbocycles. The molecule has 3 aromatic carbocycles. The minimum absolute atomic E-state index is 0.00496. The average Bonchev–Trinajstić information content (AvgIpc) is 2.56. The van der Waals surface area contributed by atoms with Gasteiger partial charge in [0, 0.05) is 5.56 Å². The van der Waals surface area contributed by atoms with Crippen molar-refractivity contribution in [2.24, 2.45) is 0 Å². The normalized spacial score (nSPS) is 16.7. The zero-order chi connectivity index (χ0) is 15.1. The summed E-state index contributed by atoms with van der Waals surface area (Å²) >= 11 is 0. The molecule has 0 aliphatic heterocycles. The Hall–Kier alpha value is -2.87. The van der Waals surface area contributed by atoms with Crippen molar-refractivity contribution in [2.45, 2.75) is 5.92 Å². The Morgan fingerprint density at radius 2 is 1.59 bits per heavy atom. The second-order valence-electron chi connectivity index (χ2n) is 5.52. The molecule has 0 heterocycles. The third kappa shape index (κ3) is 1.85. The highest BCUT2D eigenvalue weighted by atomic mass is 16.3. The van der Waals surface area contributed by atoms with Crippen molar-refractivity contribution in [2.75, 3.05) is 0 Å². The number of carbonyl (C=O) groups is 1. The van der Waals surface area contributed by atoms with Crippen molar-refractivity contribution in [3.05, 3.63) is 83.4 Å². The zero-order valence-corrected chi connectivity index (χ0v) is 11.9. The average molecular weight is 286 g/mol. The van der Waals surface area contributed by atoms with E-state index in [1.807, 2.05) is 60.7 Å². The van der Waals surface area contributed by atoms with Gasteiger partial charge in [0.2, 0.25) is 0 Å². The third-order valence-corrected chi connectivity index (χ3v) is 4.26. The summed E-state index contributed by atoms with van der Waals surface area (Å²) in [5.41, 5.74) is 2.67. The maximum absolute atomic E-state index is 12.6. The first-order valence-electron chi connectivity index (χ1n) is 7.27. The molecule has 0 radical (unpaired) electrons. The summed E-state index contributed by atoms with van der Waals surface area (Å²) in [6.45, 7) is 0. The summed E-state index contributed by atoms with van der Waals surface area (Å²) in [6.07, 6.45) is 3.45. The van der Waals surface area contributed by atoms with E-state index in [-0.39, 0.29) is 11.5 Å². The molecule has 0 aromatic heterocycles. The lowest BCUT2D eigenvalue weighted by molar-refractivity contribution is -0.115. The summed E-state index contributed by atoms with van der Waals surface area (Å²) in [6, 6.07) is 19.2. The molecular weight excluding hydrogens is 272 g/mol. The summed E-state index contributed by atoms with van der Waals surface area (Å²) in [5.74, 6) is -0.278. The first kappa shape index (κ1) is 12.8. The van der Waals surface area contributed by atoms with Crippen LogP contribution in [0.25, 0.3) is 16.8 Å². The molecule has 3 aromatic rings. The van der Waals surface area contributed by atoms with E-state index >= 15 is 0 Å². The maximum Gasteiger partial charge on any atom is 0.167 e. The lowest BCUT2D eigenvalue weighted by Crippen LogP contribution is -2.16. The Morgan fingerprint density at radius 1 is 0.818 bits per heavy atom. The number of hydrogen-bond donors (Lipinski definition) is 1. The molecule has 0 unspecified atom stereocenters. The van der Waals surface area contributed by atoms with E-state index in [0.717, 1.165) is 21.9 Å². The maximum atomic E-state index is 12.6. The van der Waals surface area contributed by atoms with E-state index in [1.165, 1.54) is 0 Å². The molecule has 1 N–H and O–H groups in total. The SMILES string of the molecule is O=C1C=Cc2ccccc2[C@@H]1c1c(O)ccc2ccccc12. The number of fused-ring (bicyclic) bond motifs is 2. The molecule has 0 amide bonds. The van der Waals surface area contributed by atoms with E-state index in [2.05, 4.69) is 0 Å². The van der Waals surface area contributed by atoms with E-state index in [1.54, 1.807) is 12.1 Å². The monoisotopic (exact) mass is 286 g/mol. The van der Waals surface area contributed by atoms with Crippen LogP contribution in [0.2, 0.25) is 0 Å². The molecule has 1 aliphatic rings. The van der Waals surface area contributed by atoms with Crippen LogP contribution >= 0.6 is 0 Å². The molecule has 2 heteroatoms. The van der Waals surface area contributed by atoms with Gasteiger partial charge >= 0.3 is 0 Å². The van der Waals surface area contributed by atoms with Gasteiger partial charge in [-0.15, -0.1) is 0 Å². The van der Waals surface area contributed by atoms with Gasteiger partial charge in [-0.25, -0.2) is 0 Å². The van der Waals surface area contributed by atoms with Crippen LogP contribution in [-0.2, 0) is 4.79 Å². The minimum atomic E-state index is -0.452. The van der Waals surface area contributed by atoms with E-state index in [0.29, 0.717) is 5.56 Å². The number of allylic oxidation sites excluding steroid dienone is 1. The van der Waals surface area contributed by atoms with Gasteiger partial charge in [0.05, 0.1) is 5.92 Å². The molecule has 2 nitrogen and oxygen atoms in total. The van der Waals surface area contributed by atoms with Crippen LogP contribution in [0.1, 0.15) is 22.6 Å². The largest absolute Gasteiger partial charge is 0.508 e. The molecule has 0 spiro atoms. The Kier molecular flexibility index (Phi) is 2.83. The fourth-order valence-electron chi connectivity index (χ4n) is 3.23. The third-order valence-electron chi connectivity index (χ3n) is 4.26. The van der Waals surface area contributed by atoms with Gasteiger partial charge in [-0.3, -0.25) is 4.79 Å². The zero-order valence-electron chi connectivity index (χ0n) is 11.9. The van der Waals surface area contributed by atoms with Crippen molar-refractivity contribution in [1.82, 2.24) is 0 Å². The predicted molar refractivity (Wildman–Crippen MR) is 87.9 cm³/mol. The Labute approximate surface area is 128 Å². The van der Waals surface area contributed by atoms with E-state index in [4.69, 9.17) is 0 Å². The molecular formula is C20H14O2. The van der Waals surface area contributed by atoms with Crippen LogP contribution in [0.15, 0.2) is 66.7 Å². The van der Waals surface area contributed by atoms with E-state index < -0.39 is 5.92 Å². The Morgan fingerprint density at radius 3 is 2.50 bits per heavy atom. The smallest absolute Gasteiger partial charge is 0.167 e. The van der Waals surface area contributed by atoms with Crippen LogP contribution in [0.5, 0.6) is 5.75 Å². The topological polar surface area (TPSA) is 37.3 Å². The molecule has 1 aliphatic carbocycles. The number of ketones is 1. The summed E-state index contributed by atoms with van der Waals surface area (Å²) in [4.78, 5) is 12.6. The lowest BCUT2D eigenvalue weighted by atomic mass is 9.79. The Balaban J connectivity index is 2.05. The van der Waals surface area contributed by atoms with Crippen molar-refractivity contribution in [1.29, 1.82) is 0 Å². The van der Waals surface area contributed by atoms with Crippen molar-refractivity contribution < 1.29 is 9.90 Å². The molecule has 106 valence electrons. The summed E-state index contributed by atoms with van der Waals surface area (Å²) in [7, 11) is 0. The minimum Gasteiger partial charge on any atom is -0.508 e. The van der Waals surface area contributed by atoms with Crippen LogP contribution in [0.3, 0.4) is 0 Å². The molecule has 0 fully saturated rings. The molecule has 4 rings (SSSR count). The Bertz CT molecular complexity index is 922. The number of phenolic OH excluding ortho intramolecular Hbond substituents is 1. The van der Waals surface area contributed by atoms with Gasteiger partial charge in [0.15, 0.2) is 5.78 Å².